The van der Waals surface area contributed by atoms with Crippen LogP contribution in [-0.2, 0) is 15.3 Å². The Morgan fingerprint density at radius 1 is 1.61 bits per heavy atom. The summed E-state index contributed by atoms with van der Waals surface area (Å²) < 4.78 is 4.73. The number of carbonyl (C=O) groups excluding carboxylic acids is 1. The number of anilines is 1. The van der Waals surface area contributed by atoms with Crippen LogP contribution < -0.4 is 5.73 Å². The Balaban J connectivity index is 1.77. The number of rotatable bonds is 6. The molecule has 1 aromatic rings. The highest BCUT2D eigenvalue weighted by atomic mass is 32.2. The molecule has 0 unspecified atom stereocenters. The topological polar surface area (TPSA) is 65.2 Å². The van der Waals surface area contributed by atoms with Crippen LogP contribution in [-0.4, -0.2) is 23.8 Å². The molecular formula is C13H18N2O2S. The molecule has 0 aliphatic heterocycles. The molecule has 2 rings (SSSR count). The first-order chi connectivity index (χ1) is 8.63. The van der Waals surface area contributed by atoms with Crippen molar-refractivity contribution in [1.29, 1.82) is 0 Å². The summed E-state index contributed by atoms with van der Waals surface area (Å²) in [5.74, 6) is 2.38. The first-order valence-electron chi connectivity index (χ1n) is 5.99. The highest BCUT2D eigenvalue weighted by molar-refractivity contribution is 7.98. The lowest BCUT2D eigenvalue weighted by Gasteiger charge is -2.12. The number of nitrogens with two attached hydrogens (primary N) is 1. The summed E-state index contributed by atoms with van der Waals surface area (Å²) in [5, 5.41) is 0. The molecule has 1 fully saturated rings. The van der Waals surface area contributed by atoms with Gasteiger partial charge in [-0.05, 0) is 41.7 Å². The average molecular weight is 266 g/mol. The smallest absolute Gasteiger partial charge is 0.306 e. The van der Waals surface area contributed by atoms with E-state index in [4.69, 9.17) is 10.5 Å². The molecule has 98 valence electrons. The third kappa shape index (κ3) is 3.63. The zero-order valence-electron chi connectivity index (χ0n) is 10.5. The van der Waals surface area contributed by atoms with Crippen LogP contribution in [0, 0.1) is 5.41 Å². The molecule has 0 amide bonds. The van der Waals surface area contributed by atoms with Gasteiger partial charge in [0.25, 0.3) is 0 Å². The summed E-state index contributed by atoms with van der Waals surface area (Å²) >= 11 is 1.85. The van der Waals surface area contributed by atoms with Gasteiger partial charge in [0.15, 0.2) is 0 Å². The largest absolute Gasteiger partial charge is 0.469 e. The minimum atomic E-state index is -0.0961. The maximum absolute atomic E-state index is 11.3. The highest BCUT2D eigenvalue weighted by Crippen LogP contribution is 2.51. The molecule has 1 aromatic heterocycles. The van der Waals surface area contributed by atoms with Crippen LogP contribution in [0.25, 0.3) is 0 Å². The number of ether oxygens (including phenoxy) is 1. The van der Waals surface area contributed by atoms with E-state index in [1.807, 2.05) is 23.9 Å². The monoisotopic (exact) mass is 266 g/mol. The number of hydrogen-bond acceptors (Lipinski definition) is 5. The normalized spacial score (nSPS) is 16.3. The van der Waals surface area contributed by atoms with Crippen LogP contribution in [0.5, 0.6) is 0 Å². The van der Waals surface area contributed by atoms with Gasteiger partial charge in [-0.2, -0.15) is 11.8 Å². The van der Waals surface area contributed by atoms with E-state index in [1.165, 1.54) is 12.7 Å². The molecule has 0 spiro atoms. The Bertz CT molecular complexity index is 433. The summed E-state index contributed by atoms with van der Waals surface area (Å²) in [6, 6.07) is 3.87. The Labute approximate surface area is 111 Å². The fourth-order valence-corrected chi connectivity index (χ4v) is 3.24. The Morgan fingerprint density at radius 3 is 3.00 bits per heavy atom. The van der Waals surface area contributed by atoms with Gasteiger partial charge < -0.3 is 10.5 Å². The number of hydrogen-bond donors (Lipinski definition) is 1. The Kier molecular flexibility index (Phi) is 4.11. The standard InChI is InChI=1S/C13H18N2O2S/c1-17-12(16)7-13(3-4-13)9-18-8-10-2-5-15-11(14)6-10/h2,5-6H,3-4,7-9H2,1H3,(H2,14,15). The average Bonchev–Trinajstić information content (AvgIpc) is 3.09. The molecule has 18 heavy (non-hydrogen) atoms. The quantitative estimate of drug-likeness (QED) is 0.800. The van der Waals surface area contributed by atoms with Gasteiger partial charge in [-0.25, -0.2) is 4.98 Å². The second kappa shape index (κ2) is 5.61. The van der Waals surface area contributed by atoms with Crippen molar-refractivity contribution >= 4 is 23.5 Å². The van der Waals surface area contributed by atoms with Crippen LogP contribution in [0.15, 0.2) is 18.3 Å². The fourth-order valence-electron chi connectivity index (χ4n) is 1.90. The minimum absolute atomic E-state index is 0.0961. The molecule has 4 nitrogen and oxygen atoms in total. The number of methoxy groups -OCH3 is 1. The number of nitrogens with zero attached hydrogens (tertiary/aromatic N) is 1. The van der Waals surface area contributed by atoms with Crippen LogP contribution in [0.3, 0.4) is 0 Å². The van der Waals surface area contributed by atoms with Crippen LogP contribution in [0.4, 0.5) is 5.82 Å². The van der Waals surface area contributed by atoms with Gasteiger partial charge in [-0.1, -0.05) is 0 Å². The van der Waals surface area contributed by atoms with E-state index in [9.17, 15) is 4.79 Å². The minimum Gasteiger partial charge on any atom is -0.469 e. The summed E-state index contributed by atoms with van der Waals surface area (Å²) in [4.78, 5) is 15.3. The van der Waals surface area contributed by atoms with Crippen molar-refractivity contribution in [2.75, 3.05) is 18.6 Å². The summed E-state index contributed by atoms with van der Waals surface area (Å²) in [5.41, 5.74) is 7.00. The van der Waals surface area contributed by atoms with Crippen molar-refractivity contribution in [3.8, 4) is 0 Å². The summed E-state index contributed by atoms with van der Waals surface area (Å²) in [7, 11) is 1.45. The van der Waals surface area contributed by atoms with Crippen LogP contribution >= 0.6 is 11.8 Å². The number of esters is 1. The molecular weight excluding hydrogens is 248 g/mol. The lowest BCUT2D eigenvalue weighted by Crippen LogP contribution is -2.13. The molecule has 1 aliphatic rings. The van der Waals surface area contributed by atoms with Crippen LogP contribution in [0.2, 0.25) is 0 Å². The first kappa shape index (κ1) is 13.2. The third-order valence-electron chi connectivity index (χ3n) is 3.23. The predicted molar refractivity (Wildman–Crippen MR) is 73.1 cm³/mol. The lowest BCUT2D eigenvalue weighted by molar-refractivity contribution is -0.141. The van der Waals surface area contributed by atoms with E-state index in [1.54, 1.807) is 6.20 Å². The number of aromatic nitrogens is 1. The van der Waals surface area contributed by atoms with Gasteiger partial charge >= 0.3 is 5.97 Å². The second-order valence-corrected chi connectivity index (χ2v) is 5.82. The zero-order valence-corrected chi connectivity index (χ0v) is 11.3. The maximum atomic E-state index is 11.3. The molecule has 1 heterocycles. The van der Waals surface area contributed by atoms with Crippen molar-refractivity contribution in [3.63, 3.8) is 0 Å². The predicted octanol–water partition coefficient (Wildman–Crippen LogP) is 2.24. The molecule has 1 saturated carbocycles. The van der Waals surface area contributed by atoms with Crippen molar-refractivity contribution in [3.05, 3.63) is 23.9 Å². The van der Waals surface area contributed by atoms with E-state index in [2.05, 4.69) is 4.98 Å². The number of nitrogen functional groups attached to an aromatic ring is 1. The van der Waals surface area contributed by atoms with Gasteiger partial charge in [0.2, 0.25) is 0 Å². The van der Waals surface area contributed by atoms with Gasteiger partial charge in [0, 0.05) is 11.9 Å². The number of carbonyl (C=O) groups is 1. The third-order valence-corrected chi connectivity index (χ3v) is 4.58. The SMILES string of the molecule is COC(=O)CC1(CSCc2ccnc(N)c2)CC1. The van der Waals surface area contributed by atoms with E-state index in [0.717, 1.165) is 24.3 Å². The molecule has 0 saturated heterocycles. The second-order valence-electron chi connectivity index (χ2n) is 4.83. The lowest BCUT2D eigenvalue weighted by atomic mass is 10.1. The van der Waals surface area contributed by atoms with Crippen molar-refractivity contribution in [2.24, 2.45) is 5.41 Å². The highest BCUT2D eigenvalue weighted by Gasteiger charge is 2.44. The van der Waals surface area contributed by atoms with Gasteiger partial charge in [-0.15, -0.1) is 0 Å². The molecule has 0 bridgehead atoms. The van der Waals surface area contributed by atoms with E-state index in [0.29, 0.717) is 12.2 Å². The summed E-state index contributed by atoms with van der Waals surface area (Å²) in [6.07, 6.45) is 4.54. The molecule has 2 N–H and O–H groups in total. The number of pyridine rings is 1. The molecule has 0 atom stereocenters. The van der Waals surface area contributed by atoms with Crippen molar-refractivity contribution in [1.82, 2.24) is 4.98 Å². The van der Waals surface area contributed by atoms with Gasteiger partial charge in [-0.3, -0.25) is 4.79 Å². The zero-order chi connectivity index (χ0) is 13.0. The van der Waals surface area contributed by atoms with Crippen molar-refractivity contribution in [2.45, 2.75) is 25.0 Å². The summed E-state index contributed by atoms with van der Waals surface area (Å²) in [6.45, 7) is 0. The fraction of sp³-hybridized carbons (Fsp3) is 0.538. The molecule has 0 aromatic carbocycles. The van der Waals surface area contributed by atoms with Gasteiger partial charge in [0.05, 0.1) is 13.5 Å². The molecule has 5 heteroatoms. The Morgan fingerprint density at radius 2 is 2.39 bits per heavy atom. The van der Waals surface area contributed by atoms with Gasteiger partial charge in [0.1, 0.15) is 5.82 Å². The maximum Gasteiger partial charge on any atom is 0.306 e. The Hall–Kier alpha value is -1.23. The van der Waals surface area contributed by atoms with E-state index in [-0.39, 0.29) is 11.4 Å². The molecule has 0 radical (unpaired) electrons. The van der Waals surface area contributed by atoms with E-state index >= 15 is 0 Å². The number of thioether (sulfide) groups is 1. The van der Waals surface area contributed by atoms with E-state index < -0.39 is 0 Å². The molecule has 1 aliphatic carbocycles. The van der Waals surface area contributed by atoms with Crippen molar-refractivity contribution < 1.29 is 9.53 Å². The van der Waals surface area contributed by atoms with Crippen LogP contribution in [0.1, 0.15) is 24.8 Å². The first-order valence-corrected chi connectivity index (χ1v) is 7.14.